The van der Waals surface area contributed by atoms with Crippen LogP contribution < -0.4 is 20.1 Å². The summed E-state index contributed by atoms with van der Waals surface area (Å²) in [7, 11) is 1.52. The summed E-state index contributed by atoms with van der Waals surface area (Å²) in [5, 5.41) is 5.48. The van der Waals surface area contributed by atoms with Gasteiger partial charge in [-0.25, -0.2) is 0 Å². The highest BCUT2D eigenvalue weighted by atomic mass is 16.5. The van der Waals surface area contributed by atoms with Crippen LogP contribution in [0.2, 0.25) is 0 Å². The third-order valence-corrected chi connectivity index (χ3v) is 4.17. The fourth-order valence-electron chi connectivity index (χ4n) is 2.65. The van der Waals surface area contributed by atoms with E-state index in [1.165, 1.54) is 14.0 Å². The lowest BCUT2D eigenvalue weighted by molar-refractivity contribution is -0.143. The standard InChI is InChI=1S/C19H20N2O4/c1-11-5-7-15(24-4)13(9-11)20-17(22)19(3)18(23)21-14-10-12(2)6-8-16(14)25-19/h5-10H,1-4H3,(H,20,22)(H,21,23). The minimum atomic E-state index is -1.68. The molecule has 2 aromatic rings. The molecule has 0 bridgehead atoms. The lowest BCUT2D eigenvalue weighted by Crippen LogP contribution is -2.56. The van der Waals surface area contributed by atoms with E-state index in [1.54, 1.807) is 24.3 Å². The topological polar surface area (TPSA) is 76.7 Å². The maximum absolute atomic E-state index is 12.8. The molecule has 2 N–H and O–H groups in total. The first-order valence-electron chi connectivity index (χ1n) is 7.90. The Morgan fingerprint density at radius 3 is 2.56 bits per heavy atom. The Balaban J connectivity index is 1.90. The average molecular weight is 340 g/mol. The average Bonchev–Trinajstić information content (AvgIpc) is 2.56. The molecule has 1 atom stereocenters. The lowest BCUT2D eigenvalue weighted by atomic mass is 10.0. The molecular formula is C19H20N2O4. The predicted octanol–water partition coefficient (Wildman–Crippen LogP) is 3.04. The zero-order valence-corrected chi connectivity index (χ0v) is 14.6. The maximum atomic E-state index is 12.8. The van der Waals surface area contributed by atoms with Gasteiger partial charge < -0.3 is 20.1 Å². The fraction of sp³-hybridized carbons (Fsp3) is 0.263. The second-order valence-electron chi connectivity index (χ2n) is 6.25. The molecule has 25 heavy (non-hydrogen) atoms. The van der Waals surface area contributed by atoms with Crippen LogP contribution in [0, 0.1) is 13.8 Å². The number of rotatable bonds is 3. The van der Waals surface area contributed by atoms with Crippen LogP contribution >= 0.6 is 0 Å². The number of ether oxygens (including phenoxy) is 2. The van der Waals surface area contributed by atoms with Gasteiger partial charge in [-0.15, -0.1) is 0 Å². The number of fused-ring (bicyclic) bond motifs is 1. The molecule has 1 aliphatic heterocycles. The quantitative estimate of drug-likeness (QED) is 0.842. The highest BCUT2D eigenvalue weighted by Crippen LogP contribution is 2.35. The number of carbonyl (C=O) groups is 2. The summed E-state index contributed by atoms with van der Waals surface area (Å²) < 4.78 is 11.0. The lowest BCUT2D eigenvalue weighted by Gasteiger charge is -2.33. The smallest absolute Gasteiger partial charge is 0.278 e. The first-order chi connectivity index (χ1) is 11.8. The number of anilines is 2. The van der Waals surface area contributed by atoms with Gasteiger partial charge in [0.1, 0.15) is 11.5 Å². The molecule has 1 aliphatic rings. The molecular weight excluding hydrogens is 320 g/mol. The Kier molecular flexibility index (Phi) is 4.12. The Morgan fingerprint density at radius 2 is 1.84 bits per heavy atom. The van der Waals surface area contributed by atoms with Crippen LogP contribution in [-0.4, -0.2) is 24.5 Å². The van der Waals surface area contributed by atoms with Gasteiger partial charge in [-0.2, -0.15) is 0 Å². The number of hydrogen-bond acceptors (Lipinski definition) is 4. The van der Waals surface area contributed by atoms with Gasteiger partial charge in [0.15, 0.2) is 0 Å². The first-order valence-corrected chi connectivity index (χ1v) is 7.90. The van der Waals surface area contributed by atoms with Crippen molar-refractivity contribution in [2.24, 2.45) is 0 Å². The molecule has 0 saturated heterocycles. The van der Waals surface area contributed by atoms with Crippen molar-refractivity contribution in [2.75, 3.05) is 17.7 Å². The van der Waals surface area contributed by atoms with Crippen molar-refractivity contribution >= 4 is 23.2 Å². The summed E-state index contributed by atoms with van der Waals surface area (Å²) in [6, 6.07) is 10.8. The van der Waals surface area contributed by atoms with Crippen molar-refractivity contribution in [3.05, 3.63) is 47.5 Å². The van der Waals surface area contributed by atoms with Crippen molar-refractivity contribution in [3.63, 3.8) is 0 Å². The van der Waals surface area contributed by atoms with Crippen molar-refractivity contribution in [2.45, 2.75) is 26.4 Å². The SMILES string of the molecule is COc1ccc(C)cc1NC(=O)C1(C)Oc2ccc(C)cc2NC1=O. The normalized spacial score (nSPS) is 18.6. The maximum Gasteiger partial charge on any atom is 0.278 e. The van der Waals surface area contributed by atoms with Crippen LogP contribution in [0.4, 0.5) is 11.4 Å². The van der Waals surface area contributed by atoms with Crippen molar-refractivity contribution < 1.29 is 19.1 Å². The molecule has 0 spiro atoms. The second-order valence-corrected chi connectivity index (χ2v) is 6.25. The zero-order valence-electron chi connectivity index (χ0n) is 14.6. The summed E-state index contributed by atoms with van der Waals surface area (Å²) in [5.74, 6) is -0.122. The monoisotopic (exact) mass is 340 g/mol. The van der Waals surface area contributed by atoms with E-state index in [0.717, 1.165) is 11.1 Å². The zero-order chi connectivity index (χ0) is 18.2. The molecule has 6 nitrogen and oxygen atoms in total. The summed E-state index contributed by atoms with van der Waals surface area (Å²) in [6.45, 7) is 5.26. The van der Waals surface area contributed by atoms with E-state index in [9.17, 15) is 9.59 Å². The molecule has 130 valence electrons. The molecule has 0 aromatic heterocycles. The van der Waals surface area contributed by atoms with Crippen molar-refractivity contribution in [3.8, 4) is 11.5 Å². The van der Waals surface area contributed by atoms with Gasteiger partial charge in [0.05, 0.1) is 18.5 Å². The number of amides is 2. The van der Waals surface area contributed by atoms with E-state index in [2.05, 4.69) is 10.6 Å². The molecule has 1 heterocycles. The highest BCUT2D eigenvalue weighted by molar-refractivity contribution is 6.19. The summed E-state index contributed by atoms with van der Waals surface area (Å²) in [4.78, 5) is 25.3. The van der Waals surface area contributed by atoms with E-state index >= 15 is 0 Å². The number of hydrogen-bond donors (Lipinski definition) is 2. The third kappa shape index (κ3) is 3.03. The Bertz CT molecular complexity index is 862. The number of benzene rings is 2. The fourth-order valence-corrected chi connectivity index (χ4v) is 2.65. The second kappa shape index (κ2) is 6.12. The molecule has 0 saturated carbocycles. The van der Waals surface area contributed by atoms with E-state index in [0.29, 0.717) is 22.9 Å². The third-order valence-electron chi connectivity index (χ3n) is 4.17. The van der Waals surface area contributed by atoms with Gasteiger partial charge in [-0.05, 0) is 56.2 Å². The number of carbonyl (C=O) groups excluding carboxylic acids is 2. The summed E-state index contributed by atoms with van der Waals surface area (Å²) in [5.41, 5.74) is 1.30. The van der Waals surface area contributed by atoms with Gasteiger partial charge in [0.2, 0.25) is 0 Å². The van der Waals surface area contributed by atoms with Crippen LogP contribution in [-0.2, 0) is 9.59 Å². The van der Waals surface area contributed by atoms with Crippen LogP contribution in [0.15, 0.2) is 36.4 Å². The van der Waals surface area contributed by atoms with Gasteiger partial charge in [-0.3, -0.25) is 9.59 Å². The molecule has 2 amide bonds. The predicted molar refractivity (Wildman–Crippen MR) is 95.2 cm³/mol. The van der Waals surface area contributed by atoms with Crippen LogP contribution in [0.5, 0.6) is 11.5 Å². The molecule has 2 aromatic carbocycles. The first kappa shape index (κ1) is 16.8. The minimum Gasteiger partial charge on any atom is -0.495 e. The van der Waals surface area contributed by atoms with Gasteiger partial charge in [0.25, 0.3) is 17.4 Å². The van der Waals surface area contributed by atoms with E-state index in [4.69, 9.17) is 9.47 Å². The molecule has 6 heteroatoms. The number of methoxy groups -OCH3 is 1. The van der Waals surface area contributed by atoms with Crippen LogP contribution in [0.3, 0.4) is 0 Å². The van der Waals surface area contributed by atoms with E-state index in [1.807, 2.05) is 26.0 Å². The Hall–Kier alpha value is -3.02. The van der Waals surface area contributed by atoms with Crippen LogP contribution in [0.1, 0.15) is 18.1 Å². The van der Waals surface area contributed by atoms with Crippen LogP contribution in [0.25, 0.3) is 0 Å². The van der Waals surface area contributed by atoms with Crippen molar-refractivity contribution in [1.82, 2.24) is 0 Å². The molecule has 0 aliphatic carbocycles. The highest BCUT2D eigenvalue weighted by Gasteiger charge is 2.47. The minimum absolute atomic E-state index is 0.457. The summed E-state index contributed by atoms with van der Waals surface area (Å²) >= 11 is 0. The van der Waals surface area contributed by atoms with Gasteiger partial charge in [0, 0.05) is 0 Å². The molecule has 1 unspecified atom stereocenters. The summed E-state index contributed by atoms with van der Waals surface area (Å²) in [6.07, 6.45) is 0. The van der Waals surface area contributed by atoms with E-state index < -0.39 is 17.4 Å². The Labute approximate surface area is 146 Å². The number of aryl methyl sites for hydroxylation is 2. The van der Waals surface area contributed by atoms with Gasteiger partial charge in [-0.1, -0.05) is 12.1 Å². The number of nitrogens with one attached hydrogen (secondary N) is 2. The largest absolute Gasteiger partial charge is 0.495 e. The van der Waals surface area contributed by atoms with Gasteiger partial charge >= 0.3 is 0 Å². The van der Waals surface area contributed by atoms with Crippen molar-refractivity contribution in [1.29, 1.82) is 0 Å². The molecule has 0 fully saturated rings. The van der Waals surface area contributed by atoms with E-state index in [-0.39, 0.29) is 0 Å². The Morgan fingerprint density at radius 1 is 1.16 bits per heavy atom. The molecule has 0 radical (unpaired) electrons. The molecule has 3 rings (SSSR count).